The second kappa shape index (κ2) is 10.8. The Bertz CT molecular complexity index is 1000. The zero-order chi connectivity index (χ0) is 22.0. The molecule has 3 aromatic rings. The minimum Gasteiger partial charge on any atom is -0.302 e. The van der Waals surface area contributed by atoms with Crippen molar-refractivity contribution in [3.05, 3.63) is 40.2 Å². The van der Waals surface area contributed by atoms with Crippen LogP contribution in [0.15, 0.2) is 18.2 Å². The molecule has 0 aliphatic carbocycles. The van der Waals surface area contributed by atoms with Crippen LogP contribution in [0.1, 0.15) is 55.5 Å². The van der Waals surface area contributed by atoms with Gasteiger partial charge in [0, 0.05) is 24.8 Å². The maximum Gasteiger partial charge on any atom is 0.280 e. The molecule has 0 saturated heterocycles. The monoisotopic (exact) mass is 483 g/mol. The first kappa shape index (κ1) is 25.6. The van der Waals surface area contributed by atoms with E-state index in [1.54, 1.807) is 4.90 Å². The van der Waals surface area contributed by atoms with Gasteiger partial charge >= 0.3 is 0 Å². The maximum atomic E-state index is 13.5. The van der Waals surface area contributed by atoms with Gasteiger partial charge in [-0.05, 0) is 58.5 Å². The van der Waals surface area contributed by atoms with Crippen LogP contribution >= 0.6 is 35.3 Å². The van der Waals surface area contributed by atoms with Gasteiger partial charge in [0.1, 0.15) is 0 Å². The van der Waals surface area contributed by atoms with Crippen LogP contribution < -0.4 is 4.90 Å². The van der Waals surface area contributed by atoms with Gasteiger partial charge in [0.15, 0.2) is 10.8 Å². The number of halogens is 2. The molecule has 0 spiro atoms. The Morgan fingerprint density at radius 1 is 1.19 bits per heavy atom. The molecule has 170 valence electrons. The molecule has 6 nitrogen and oxygen atoms in total. The van der Waals surface area contributed by atoms with E-state index < -0.39 is 0 Å². The van der Waals surface area contributed by atoms with E-state index in [1.807, 2.05) is 36.7 Å². The number of likely N-dealkylation sites (N-methyl/N-ethyl adjacent to an activating group) is 1. The van der Waals surface area contributed by atoms with Crippen LogP contribution in [0.4, 0.5) is 5.13 Å². The molecule has 31 heavy (non-hydrogen) atoms. The number of hydrogen-bond acceptors (Lipinski definition) is 5. The van der Waals surface area contributed by atoms with Crippen molar-refractivity contribution in [1.29, 1.82) is 0 Å². The number of fused-ring (bicyclic) bond motifs is 1. The molecule has 3 rings (SSSR count). The Hall–Kier alpha value is -1.67. The first-order valence-corrected chi connectivity index (χ1v) is 11.6. The van der Waals surface area contributed by atoms with Crippen molar-refractivity contribution in [1.82, 2.24) is 19.7 Å². The predicted molar refractivity (Wildman–Crippen MR) is 133 cm³/mol. The van der Waals surface area contributed by atoms with Gasteiger partial charge in [-0.1, -0.05) is 42.9 Å². The molecule has 9 heteroatoms. The SMILES string of the molecule is CCN(CC)CCN(C(=O)c1cc(C)n(C(C)C)n1)c1nc2c(C)ccc(Cl)c2s1.Cl. The van der Waals surface area contributed by atoms with Gasteiger partial charge in [-0.15, -0.1) is 12.4 Å². The van der Waals surface area contributed by atoms with Crippen molar-refractivity contribution < 1.29 is 4.79 Å². The lowest BCUT2D eigenvalue weighted by Gasteiger charge is -2.24. The Kier molecular flexibility index (Phi) is 8.89. The van der Waals surface area contributed by atoms with Gasteiger partial charge in [-0.2, -0.15) is 5.10 Å². The van der Waals surface area contributed by atoms with Crippen molar-refractivity contribution in [3.8, 4) is 0 Å². The Morgan fingerprint density at radius 3 is 2.42 bits per heavy atom. The number of carbonyl (C=O) groups excluding carboxylic acids is 1. The van der Waals surface area contributed by atoms with Gasteiger partial charge in [0.05, 0.1) is 15.2 Å². The van der Waals surface area contributed by atoms with E-state index >= 15 is 0 Å². The van der Waals surface area contributed by atoms with Gasteiger partial charge in [0.25, 0.3) is 5.91 Å². The summed E-state index contributed by atoms with van der Waals surface area (Å²) in [5.74, 6) is -0.127. The van der Waals surface area contributed by atoms with E-state index in [2.05, 4.69) is 37.7 Å². The second-order valence-electron chi connectivity index (χ2n) is 7.73. The molecule has 0 radical (unpaired) electrons. The standard InChI is InChI=1S/C22H30ClN5OS.ClH/c1-7-26(8-2)11-12-27(21(29)18-13-16(6)28(25-18)14(3)4)22-24-19-15(5)9-10-17(23)20(19)30-22;/h9-10,13-14H,7-8,11-12H2,1-6H3;1H. The van der Waals surface area contributed by atoms with Crippen molar-refractivity contribution >= 4 is 56.6 Å². The average molecular weight is 484 g/mol. The molecule has 2 aromatic heterocycles. The quantitative estimate of drug-likeness (QED) is 0.408. The summed E-state index contributed by atoms with van der Waals surface area (Å²) in [5, 5.41) is 5.90. The summed E-state index contributed by atoms with van der Waals surface area (Å²) in [6, 6.07) is 5.90. The van der Waals surface area contributed by atoms with E-state index in [0.29, 0.717) is 22.4 Å². The Labute approximate surface area is 199 Å². The number of carbonyl (C=O) groups is 1. The topological polar surface area (TPSA) is 54.3 Å². The van der Waals surface area contributed by atoms with E-state index in [0.717, 1.165) is 41.1 Å². The molecule has 0 saturated carbocycles. The number of rotatable bonds is 8. The highest BCUT2D eigenvalue weighted by atomic mass is 35.5. The van der Waals surface area contributed by atoms with Crippen LogP contribution in [0.2, 0.25) is 5.02 Å². The van der Waals surface area contributed by atoms with Crippen LogP contribution in [0.3, 0.4) is 0 Å². The minimum atomic E-state index is -0.127. The lowest BCUT2D eigenvalue weighted by Crippen LogP contribution is -2.39. The molecule has 1 aromatic carbocycles. The predicted octanol–water partition coefficient (Wildman–Crippen LogP) is 5.75. The molecular weight excluding hydrogens is 453 g/mol. The highest BCUT2D eigenvalue weighted by Crippen LogP contribution is 2.36. The summed E-state index contributed by atoms with van der Waals surface area (Å²) in [5.41, 5.74) is 3.32. The lowest BCUT2D eigenvalue weighted by atomic mass is 10.2. The summed E-state index contributed by atoms with van der Waals surface area (Å²) in [6.07, 6.45) is 0. The van der Waals surface area contributed by atoms with E-state index in [9.17, 15) is 4.79 Å². The largest absolute Gasteiger partial charge is 0.302 e. The highest BCUT2D eigenvalue weighted by molar-refractivity contribution is 7.23. The van der Waals surface area contributed by atoms with Crippen LogP contribution in [0, 0.1) is 13.8 Å². The zero-order valence-corrected chi connectivity index (χ0v) is 21.4. The van der Waals surface area contributed by atoms with Crippen LogP contribution in [-0.4, -0.2) is 51.8 Å². The normalized spacial score (nSPS) is 11.4. The summed E-state index contributed by atoms with van der Waals surface area (Å²) in [4.78, 5) is 22.4. The highest BCUT2D eigenvalue weighted by Gasteiger charge is 2.25. The van der Waals surface area contributed by atoms with Crippen molar-refractivity contribution in [2.24, 2.45) is 0 Å². The second-order valence-corrected chi connectivity index (χ2v) is 9.12. The molecule has 0 aliphatic heterocycles. The average Bonchev–Trinajstić information content (AvgIpc) is 3.33. The molecule has 0 unspecified atom stereocenters. The molecular formula is C22H31Cl2N5OS. The number of benzene rings is 1. The van der Waals surface area contributed by atoms with E-state index in [1.165, 1.54) is 11.3 Å². The first-order chi connectivity index (χ1) is 14.3. The summed E-state index contributed by atoms with van der Waals surface area (Å²) in [7, 11) is 0. The summed E-state index contributed by atoms with van der Waals surface area (Å²) in [6.45, 7) is 15.6. The fourth-order valence-corrected chi connectivity index (χ4v) is 4.87. The first-order valence-electron chi connectivity index (χ1n) is 10.4. The molecule has 2 heterocycles. The van der Waals surface area contributed by atoms with Gasteiger partial charge in [-0.25, -0.2) is 4.98 Å². The fourth-order valence-electron chi connectivity index (χ4n) is 3.52. The molecule has 0 bridgehead atoms. The number of aromatic nitrogens is 3. The van der Waals surface area contributed by atoms with Crippen LogP contribution in [-0.2, 0) is 0 Å². The number of thiazole rings is 1. The van der Waals surface area contributed by atoms with Crippen molar-refractivity contribution in [2.45, 2.75) is 47.6 Å². The summed E-state index contributed by atoms with van der Waals surface area (Å²) >= 11 is 7.88. The maximum absolute atomic E-state index is 13.5. The number of aryl methyl sites for hydroxylation is 2. The lowest BCUT2D eigenvalue weighted by molar-refractivity contribution is 0.0978. The molecule has 1 amide bonds. The van der Waals surface area contributed by atoms with Crippen molar-refractivity contribution in [3.63, 3.8) is 0 Å². The third-order valence-electron chi connectivity index (χ3n) is 5.33. The smallest absolute Gasteiger partial charge is 0.280 e. The molecule has 0 atom stereocenters. The van der Waals surface area contributed by atoms with E-state index in [-0.39, 0.29) is 24.4 Å². The summed E-state index contributed by atoms with van der Waals surface area (Å²) < 4.78 is 2.80. The van der Waals surface area contributed by atoms with Gasteiger partial charge in [-0.3, -0.25) is 14.4 Å². The number of amides is 1. The Balaban J connectivity index is 0.00000341. The fraction of sp³-hybridized carbons (Fsp3) is 0.500. The molecule has 0 N–H and O–H groups in total. The van der Waals surface area contributed by atoms with Crippen LogP contribution in [0.25, 0.3) is 10.2 Å². The van der Waals surface area contributed by atoms with Crippen LogP contribution in [0.5, 0.6) is 0 Å². The number of hydrogen-bond donors (Lipinski definition) is 0. The molecule has 0 aliphatic rings. The zero-order valence-electron chi connectivity index (χ0n) is 19.0. The Morgan fingerprint density at radius 2 is 1.87 bits per heavy atom. The van der Waals surface area contributed by atoms with E-state index in [4.69, 9.17) is 16.6 Å². The third-order valence-corrected chi connectivity index (χ3v) is 6.87. The van der Waals surface area contributed by atoms with Gasteiger partial charge in [0.2, 0.25) is 0 Å². The van der Waals surface area contributed by atoms with Gasteiger partial charge < -0.3 is 4.90 Å². The molecule has 0 fully saturated rings. The number of nitrogens with zero attached hydrogens (tertiary/aromatic N) is 5. The third kappa shape index (κ3) is 5.40. The van der Waals surface area contributed by atoms with Crippen molar-refractivity contribution in [2.75, 3.05) is 31.1 Å². The minimum absolute atomic E-state index is 0. The number of anilines is 1.